The van der Waals surface area contributed by atoms with Gasteiger partial charge in [-0.1, -0.05) is 45.7 Å². The zero-order valence-electron chi connectivity index (χ0n) is 12.6. The van der Waals surface area contributed by atoms with E-state index in [0.29, 0.717) is 11.3 Å². The SMILES string of the molecule is FC(F)(F)Oc1cccc(P(C2CCCC2)C2CCCC2)c1. The molecule has 0 bridgehead atoms. The number of benzene rings is 1. The van der Waals surface area contributed by atoms with Crippen molar-refractivity contribution in [3.05, 3.63) is 24.3 Å². The minimum Gasteiger partial charge on any atom is -0.406 e. The monoisotopic (exact) mass is 330 g/mol. The van der Waals surface area contributed by atoms with E-state index in [1.54, 1.807) is 12.1 Å². The first-order chi connectivity index (χ1) is 10.5. The highest BCUT2D eigenvalue weighted by molar-refractivity contribution is 7.67. The maximum absolute atomic E-state index is 12.5. The molecule has 2 aliphatic rings. The summed E-state index contributed by atoms with van der Waals surface area (Å²) in [5, 5.41) is 1.11. The van der Waals surface area contributed by atoms with E-state index in [-0.39, 0.29) is 13.7 Å². The summed E-state index contributed by atoms with van der Waals surface area (Å²) in [5.41, 5.74) is 1.39. The minimum atomic E-state index is -4.61. The largest absolute Gasteiger partial charge is 0.573 e. The highest BCUT2D eigenvalue weighted by Crippen LogP contribution is 2.56. The predicted octanol–water partition coefficient (Wildman–Crippen LogP) is 5.58. The third-order valence-corrected chi connectivity index (χ3v) is 8.27. The van der Waals surface area contributed by atoms with Gasteiger partial charge in [-0.15, -0.1) is 13.2 Å². The van der Waals surface area contributed by atoms with E-state index < -0.39 is 6.36 Å². The van der Waals surface area contributed by atoms with Crippen LogP contribution >= 0.6 is 7.92 Å². The normalized spacial score (nSPS) is 20.9. The molecule has 0 amide bonds. The summed E-state index contributed by atoms with van der Waals surface area (Å²) in [6, 6.07) is 6.80. The standard InChI is InChI=1S/C17H22F3OP/c18-17(19,20)21-13-6-5-11-16(12-13)22(14-7-1-2-8-14)15-9-3-4-10-15/h5-6,11-12,14-15H,1-4,7-10H2. The van der Waals surface area contributed by atoms with Gasteiger partial charge < -0.3 is 4.74 Å². The van der Waals surface area contributed by atoms with E-state index in [0.717, 1.165) is 5.30 Å². The number of ether oxygens (including phenoxy) is 1. The molecule has 0 heterocycles. The molecule has 5 heteroatoms. The predicted molar refractivity (Wildman–Crippen MR) is 84.2 cm³/mol. The molecular formula is C17H22F3OP. The van der Waals surface area contributed by atoms with E-state index in [4.69, 9.17) is 0 Å². The molecule has 2 aliphatic carbocycles. The topological polar surface area (TPSA) is 9.23 Å². The summed E-state index contributed by atoms with van der Waals surface area (Å²) >= 11 is 0. The maximum atomic E-state index is 12.5. The summed E-state index contributed by atoms with van der Waals surface area (Å²) in [6.45, 7) is 0. The Hall–Kier alpha value is -0.760. The third-order valence-electron chi connectivity index (χ3n) is 4.79. The van der Waals surface area contributed by atoms with Crippen LogP contribution in [0.2, 0.25) is 0 Å². The Kier molecular flexibility index (Phi) is 4.97. The lowest BCUT2D eigenvalue weighted by Crippen LogP contribution is -2.21. The van der Waals surface area contributed by atoms with E-state index in [1.165, 1.54) is 57.4 Å². The van der Waals surface area contributed by atoms with Crippen molar-refractivity contribution in [3.63, 3.8) is 0 Å². The molecule has 0 spiro atoms. The summed E-state index contributed by atoms with van der Waals surface area (Å²) in [7, 11) is -0.363. The minimum absolute atomic E-state index is 0.0616. The van der Waals surface area contributed by atoms with Crippen molar-refractivity contribution in [2.45, 2.75) is 69.0 Å². The Labute approximate surface area is 131 Å². The molecule has 0 saturated heterocycles. The Morgan fingerprint density at radius 1 is 0.909 bits per heavy atom. The van der Waals surface area contributed by atoms with Crippen LogP contribution < -0.4 is 10.0 Å². The summed E-state index contributed by atoms with van der Waals surface area (Å²) in [5.74, 6) is -0.0616. The van der Waals surface area contributed by atoms with Crippen LogP contribution in [0, 0.1) is 0 Å². The zero-order valence-corrected chi connectivity index (χ0v) is 13.5. The molecule has 22 heavy (non-hydrogen) atoms. The number of hydrogen-bond donors (Lipinski definition) is 0. The maximum Gasteiger partial charge on any atom is 0.573 e. The van der Waals surface area contributed by atoms with Gasteiger partial charge in [0.1, 0.15) is 5.75 Å². The van der Waals surface area contributed by atoms with Crippen molar-refractivity contribution < 1.29 is 17.9 Å². The average Bonchev–Trinajstić information content (AvgIpc) is 3.11. The first kappa shape index (κ1) is 16.1. The number of hydrogen-bond acceptors (Lipinski definition) is 1. The van der Waals surface area contributed by atoms with Crippen LogP contribution in [0.25, 0.3) is 0 Å². The quantitative estimate of drug-likeness (QED) is 0.655. The lowest BCUT2D eigenvalue weighted by atomic mass is 10.3. The van der Waals surface area contributed by atoms with E-state index in [1.807, 2.05) is 6.07 Å². The molecule has 2 fully saturated rings. The lowest BCUT2D eigenvalue weighted by Gasteiger charge is -2.30. The van der Waals surface area contributed by atoms with Gasteiger partial charge >= 0.3 is 6.36 Å². The van der Waals surface area contributed by atoms with Gasteiger partial charge in [-0.05, 0) is 54.4 Å². The highest BCUT2D eigenvalue weighted by atomic mass is 31.1. The molecule has 3 rings (SSSR count). The van der Waals surface area contributed by atoms with Crippen molar-refractivity contribution in [2.75, 3.05) is 0 Å². The fourth-order valence-corrected chi connectivity index (χ4v) is 7.74. The molecule has 0 N–H and O–H groups in total. The number of alkyl halides is 3. The van der Waals surface area contributed by atoms with E-state index in [9.17, 15) is 13.2 Å². The van der Waals surface area contributed by atoms with Crippen LogP contribution in [-0.2, 0) is 0 Å². The van der Waals surface area contributed by atoms with Crippen molar-refractivity contribution in [1.29, 1.82) is 0 Å². The second-order valence-electron chi connectivity index (χ2n) is 6.33. The number of rotatable bonds is 4. The van der Waals surface area contributed by atoms with Gasteiger partial charge in [0.05, 0.1) is 0 Å². The Balaban J connectivity index is 1.85. The first-order valence-electron chi connectivity index (χ1n) is 8.17. The van der Waals surface area contributed by atoms with E-state index >= 15 is 0 Å². The van der Waals surface area contributed by atoms with Crippen LogP contribution in [0.4, 0.5) is 13.2 Å². The fourth-order valence-electron chi connectivity index (χ4n) is 3.93. The van der Waals surface area contributed by atoms with Gasteiger partial charge in [-0.25, -0.2) is 0 Å². The Morgan fingerprint density at radius 3 is 1.95 bits per heavy atom. The first-order valence-corrected chi connectivity index (χ1v) is 9.65. The molecule has 2 saturated carbocycles. The highest BCUT2D eigenvalue weighted by Gasteiger charge is 2.35. The summed E-state index contributed by atoms with van der Waals surface area (Å²) < 4.78 is 41.5. The lowest BCUT2D eigenvalue weighted by molar-refractivity contribution is -0.274. The Morgan fingerprint density at radius 2 is 1.45 bits per heavy atom. The number of halogens is 3. The van der Waals surface area contributed by atoms with Crippen molar-refractivity contribution >= 4 is 13.2 Å². The molecule has 0 aliphatic heterocycles. The van der Waals surface area contributed by atoms with Gasteiger partial charge in [-0.2, -0.15) is 0 Å². The smallest absolute Gasteiger partial charge is 0.406 e. The van der Waals surface area contributed by atoms with Crippen LogP contribution in [0.1, 0.15) is 51.4 Å². The molecule has 0 unspecified atom stereocenters. The van der Waals surface area contributed by atoms with Gasteiger partial charge in [0.15, 0.2) is 0 Å². The molecule has 0 radical (unpaired) electrons. The van der Waals surface area contributed by atoms with Crippen molar-refractivity contribution in [3.8, 4) is 5.75 Å². The second-order valence-corrected chi connectivity index (χ2v) is 9.12. The molecule has 0 aromatic heterocycles. The van der Waals surface area contributed by atoms with Gasteiger partial charge in [0.2, 0.25) is 0 Å². The zero-order chi connectivity index (χ0) is 15.6. The van der Waals surface area contributed by atoms with Gasteiger partial charge in [0.25, 0.3) is 0 Å². The summed E-state index contributed by atoms with van der Waals surface area (Å²) in [4.78, 5) is 0. The second kappa shape index (κ2) is 6.78. The summed E-state index contributed by atoms with van der Waals surface area (Å²) in [6.07, 6.45) is 5.45. The van der Waals surface area contributed by atoms with Crippen LogP contribution in [-0.4, -0.2) is 17.7 Å². The fraction of sp³-hybridized carbons (Fsp3) is 0.647. The van der Waals surface area contributed by atoms with Crippen LogP contribution in [0.15, 0.2) is 24.3 Å². The molecule has 122 valence electrons. The van der Waals surface area contributed by atoms with Crippen LogP contribution in [0.5, 0.6) is 5.75 Å². The van der Waals surface area contributed by atoms with Crippen molar-refractivity contribution in [2.24, 2.45) is 0 Å². The van der Waals surface area contributed by atoms with Gasteiger partial charge in [-0.3, -0.25) is 0 Å². The van der Waals surface area contributed by atoms with Crippen molar-refractivity contribution in [1.82, 2.24) is 0 Å². The van der Waals surface area contributed by atoms with Crippen LogP contribution in [0.3, 0.4) is 0 Å². The van der Waals surface area contributed by atoms with E-state index in [2.05, 4.69) is 4.74 Å². The molecule has 1 nitrogen and oxygen atoms in total. The molecule has 1 aromatic rings. The third kappa shape index (κ3) is 3.95. The molecule has 0 atom stereocenters. The molecular weight excluding hydrogens is 308 g/mol. The average molecular weight is 330 g/mol. The molecule has 1 aromatic carbocycles. The Bertz CT molecular complexity index is 475. The van der Waals surface area contributed by atoms with Gasteiger partial charge in [0, 0.05) is 0 Å².